The number of benzene rings is 1. The van der Waals surface area contributed by atoms with Gasteiger partial charge in [-0.2, -0.15) is 0 Å². The molecule has 0 spiro atoms. The van der Waals surface area contributed by atoms with Gasteiger partial charge in [0.25, 0.3) is 0 Å². The average molecular weight is 400 g/mol. The van der Waals surface area contributed by atoms with Crippen molar-refractivity contribution in [2.24, 2.45) is 0 Å². The molecule has 0 aromatic heterocycles. The number of nitrogens with one attached hydrogen (secondary N) is 1. The van der Waals surface area contributed by atoms with Crippen molar-refractivity contribution in [3.63, 3.8) is 0 Å². The number of carbonyl (C=O) groups is 2. The van der Waals surface area contributed by atoms with Gasteiger partial charge in [-0.05, 0) is 59.2 Å². The maximum atomic E-state index is 12.4. The van der Waals surface area contributed by atoms with E-state index in [2.05, 4.69) is 21.2 Å². The zero-order valence-electron chi connectivity index (χ0n) is 15.1. The molecule has 1 aromatic carbocycles. The summed E-state index contributed by atoms with van der Waals surface area (Å²) in [5.74, 6) is -0.490. The number of hydrogen-bond acceptors (Lipinski definition) is 4. The van der Waals surface area contributed by atoms with Crippen molar-refractivity contribution in [2.45, 2.75) is 65.2 Å². The minimum Gasteiger partial charge on any atom is -0.458 e. The van der Waals surface area contributed by atoms with Gasteiger partial charge in [-0.3, -0.25) is 0 Å². The van der Waals surface area contributed by atoms with E-state index < -0.39 is 29.3 Å². The monoisotopic (exact) mass is 399 g/mol. The second-order valence-corrected chi connectivity index (χ2v) is 8.48. The first kappa shape index (κ1) is 20.5. The summed E-state index contributed by atoms with van der Waals surface area (Å²) >= 11 is 3.37. The highest BCUT2D eigenvalue weighted by atomic mass is 79.9. The van der Waals surface area contributed by atoms with Crippen LogP contribution in [0.4, 0.5) is 4.79 Å². The van der Waals surface area contributed by atoms with Crippen LogP contribution < -0.4 is 5.32 Å². The Hall–Kier alpha value is -1.56. The van der Waals surface area contributed by atoms with Gasteiger partial charge in [0.05, 0.1) is 0 Å². The number of esters is 1. The van der Waals surface area contributed by atoms with Gasteiger partial charge in [0.2, 0.25) is 0 Å². The third kappa shape index (κ3) is 8.34. The van der Waals surface area contributed by atoms with Crippen molar-refractivity contribution < 1.29 is 19.1 Å². The van der Waals surface area contributed by atoms with E-state index in [4.69, 9.17) is 9.47 Å². The van der Waals surface area contributed by atoms with Crippen LogP contribution in [0.15, 0.2) is 28.7 Å². The van der Waals surface area contributed by atoms with Crippen molar-refractivity contribution >= 4 is 28.0 Å². The van der Waals surface area contributed by atoms with E-state index in [0.717, 1.165) is 10.0 Å². The molecule has 0 radical (unpaired) electrons. The Kier molecular flexibility index (Phi) is 6.84. The van der Waals surface area contributed by atoms with Crippen LogP contribution in [0.3, 0.4) is 0 Å². The van der Waals surface area contributed by atoms with E-state index in [0.29, 0.717) is 6.42 Å². The maximum absolute atomic E-state index is 12.4. The van der Waals surface area contributed by atoms with Gasteiger partial charge >= 0.3 is 12.1 Å². The molecule has 6 heteroatoms. The van der Waals surface area contributed by atoms with Crippen LogP contribution in [0, 0.1) is 0 Å². The summed E-state index contributed by atoms with van der Waals surface area (Å²) in [4.78, 5) is 24.5. The lowest BCUT2D eigenvalue weighted by Crippen LogP contribution is -2.47. The minimum atomic E-state index is -0.819. The molecule has 1 rings (SSSR count). The van der Waals surface area contributed by atoms with E-state index >= 15 is 0 Å². The van der Waals surface area contributed by atoms with E-state index in [1.165, 1.54) is 0 Å². The van der Waals surface area contributed by atoms with E-state index in [-0.39, 0.29) is 0 Å². The molecule has 0 aliphatic carbocycles. The molecule has 0 bridgehead atoms. The fraction of sp³-hybridized carbons (Fsp3) is 0.556. The standard InChI is InChI=1S/C18H26BrNO4/c1-17(2,3)23-15(21)14(20-16(22)24-18(4,5)6)11-12-7-9-13(19)10-8-12/h7-10,14H,11H2,1-6H3,(H,20,22). The Morgan fingerprint density at radius 2 is 1.50 bits per heavy atom. The first-order chi connectivity index (χ1) is 10.9. The summed E-state index contributed by atoms with van der Waals surface area (Å²) in [5.41, 5.74) is -0.365. The van der Waals surface area contributed by atoms with Crippen LogP contribution in [-0.2, 0) is 20.7 Å². The van der Waals surface area contributed by atoms with Crippen LogP contribution in [0.25, 0.3) is 0 Å². The fourth-order valence-electron chi connectivity index (χ4n) is 1.87. The number of carbonyl (C=O) groups excluding carboxylic acids is 2. The SMILES string of the molecule is CC(C)(C)OC(=O)NC(Cc1ccc(Br)cc1)C(=O)OC(C)(C)C. The molecule has 5 nitrogen and oxygen atoms in total. The highest BCUT2D eigenvalue weighted by molar-refractivity contribution is 9.10. The number of amides is 1. The molecule has 1 atom stereocenters. The predicted octanol–water partition coefficient (Wildman–Crippen LogP) is 4.23. The summed E-state index contributed by atoms with van der Waals surface area (Å²) in [7, 11) is 0. The second-order valence-electron chi connectivity index (χ2n) is 7.56. The summed E-state index contributed by atoms with van der Waals surface area (Å²) in [6.45, 7) is 10.7. The average Bonchev–Trinajstić information content (AvgIpc) is 2.36. The molecule has 0 heterocycles. The first-order valence-corrected chi connectivity index (χ1v) is 8.62. The number of halogens is 1. The molecule has 1 amide bonds. The van der Waals surface area contributed by atoms with Gasteiger partial charge < -0.3 is 14.8 Å². The molecule has 134 valence electrons. The Labute approximate surface area is 152 Å². The highest BCUT2D eigenvalue weighted by Crippen LogP contribution is 2.15. The molecular weight excluding hydrogens is 374 g/mol. The lowest BCUT2D eigenvalue weighted by molar-refractivity contribution is -0.157. The van der Waals surface area contributed by atoms with E-state index in [9.17, 15) is 9.59 Å². The zero-order valence-corrected chi connectivity index (χ0v) is 16.7. The lowest BCUT2D eigenvalue weighted by Gasteiger charge is -2.26. The van der Waals surface area contributed by atoms with E-state index in [1.807, 2.05) is 24.3 Å². The normalized spacial score (nSPS) is 13.1. The molecule has 1 unspecified atom stereocenters. The van der Waals surface area contributed by atoms with Gasteiger partial charge in [-0.1, -0.05) is 28.1 Å². The topological polar surface area (TPSA) is 64.6 Å². The Morgan fingerprint density at radius 3 is 1.96 bits per heavy atom. The molecule has 1 N–H and O–H groups in total. The summed E-state index contributed by atoms with van der Waals surface area (Å²) in [6.07, 6.45) is -0.322. The van der Waals surface area contributed by atoms with Crippen LogP contribution in [-0.4, -0.2) is 29.3 Å². The first-order valence-electron chi connectivity index (χ1n) is 7.82. The second kappa shape index (κ2) is 8.01. The maximum Gasteiger partial charge on any atom is 0.408 e. The predicted molar refractivity (Wildman–Crippen MR) is 96.8 cm³/mol. The molecule has 0 fully saturated rings. The van der Waals surface area contributed by atoms with Gasteiger partial charge in [0, 0.05) is 10.9 Å². The van der Waals surface area contributed by atoms with Crippen LogP contribution >= 0.6 is 15.9 Å². The van der Waals surface area contributed by atoms with Gasteiger partial charge in [-0.25, -0.2) is 9.59 Å². The van der Waals surface area contributed by atoms with Crippen LogP contribution in [0.5, 0.6) is 0 Å². The summed E-state index contributed by atoms with van der Waals surface area (Å²) < 4.78 is 11.6. The quantitative estimate of drug-likeness (QED) is 0.769. The number of hydrogen-bond donors (Lipinski definition) is 1. The third-order valence-electron chi connectivity index (χ3n) is 2.74. The Morgan fingerprint density at radius 1 is 1.00 bits per heavy atom. The van der Waals surface area contributed by atoms with Crippen molar-refractivity contribution in [1.29, 1.82) is 0 Å². The van der Waals surface area contributed by atoms with Crippen LogP contribution in [0.1, 0.15) is 47.1 Å². The summed E-state index contributed by atoms with van der Waals surface area (Å²) in [5, 5.41) is 2.61. The molecule has 0 saturated carbocycles. The Bertz CT molecular complexity index is 570. The van der Waals surface area contributed by atoms with Gasteiger partial charge in [0.1, 0.15) is 17.2 Å². The lowest BCUT2D eigenvalue weighted by atomic mass is 10.1. The van der Waals surface area contributed by atoms with Crippen molar-refractivity contribution in [3.05, 3.63) is 34.3 Å². The van der Waals surface area contributed by atoms with Crippen molar-refractivity contribution in [3.8, 4) is 0 Å². The van der Waals surface area contributed by atoms with Gasteiger partial charge in [0.15, 0.2) is 0 Å². The third-order valence-corrected chi connectivity index (χ3v) is 3.26. The number of ether oxygens (including phenoxy) is 2. The number of rotatable bonds is 4. The fourth-order valence-corrected chi connectivity index (χ4v) is 2.14. The Balaban J connectivity index is 2.88. The van der Waals surface area contributed by atoms with E-state index in [1.54, 1.807) is 41.5 Å². The highest BCUT2D eigenvalue weighted by Gasteiger charge is 2.28. The molecular formula is C18H26BrNO4. The molecule has 0 aliphatic heterocycles. The minimum absolute atomic E-state index is 0.321. The number of alkyl carbamates (subject to hydrolysis) is 1. The van der Waals surface area contributed by atoms with Crippen molar-refractivity contribution in [1.82, 2.24) is 5.32 Å². The van der Waals surface area contributed by atoms with Gasteiger partial charge in [-0.15, -0.1) is 0 Å². The van der Waals surface area contributed by atoms with Crippen molar-refractivity contribution in [2.75, 3.05) is 0 Å². The molecule has 0 aliphatic rings. The largest absolute Gasteiger partial charge is 0.458 e. The molecule has 24 heavy (non-hydrogen) atoms. The molecule has 1 aromatic rings. The molecule has 0 saturated heterocycles. The van der Waals surface area contributed by atoms with Crippen LogP contribution in [0.2, 0.25) is 0 Å². The smallest absolute Gasteiger partial charge is 0.408 e. The zero-order chi connectivity index (χ0) is 18.5. The summed E-state index contributed by atoms with van der Waals surface area (Å²) in [6, 6.07) is 6.72.